The molecule has 0 aromatic heterocycles. The third-order valence-corrected chi connectivity index (χ3v) is 6.48. The van der Waals surface area contributed by atoms with Crippen molar-refractivity contribution < 1.29 is 14.3 Å². The second kappa shape index (κ2) is 10.8. The third-order valence-electron chi connectivity index (χ3n) is 5.74. The number of hydrogen-bond donors (Lipinski definition) is 2. The molecule has 4 rings (SSSR count). The molecular weight excluding hydrogens is 473 g/mol. The van der Waals surface area contributed by atoms with Crippen LogP contribution in [0, 0.1) is 5.92 Å². The lowest BCUT2D eigenvalue weighted by atomic mass is 10.1. The lowest BCUT2D eigenvalue weighted by Gasteiger charge is -2.18. The third kappa shape index (κ3) is 5.64. The maximum absolute atomic E-state index is 12.8. The largest absolute Gasteiger partial charge is 0.487 e. The van der Waals surface area contributed by atoms with Gasteiger partial charge in [-0.2, -0.15) is 0 Å². The molecule has 3 aromatic carbocycles. The quantitative estimate of drug-likeness (QED) is 0.395. The van der Waals surface area contributed by atoms with E-state index in [1.165, 1.54) is 5.56 Å². The first-order chi connectivity index (χ1) is 16.4. The van der Waals surface area contributed by atoms with E-state index in [1.807, 2.05) is 42.5 Å². The number of rotatable bonds is 8. The Kier molecular flexibility index (Phi) is 7.60. The number of nitrogens with zero attached hydrogens (tertiary/aromatic N) is 1. The Morgan fingerprint density at radius 2 is 1.76 bits per heavy atom. The molecular formula is C26H25Cl2N3O3. The summed E-state index contributed by atoms with van der Waals surface area (Å²) in [4.78, 5) is 27.0. The van der Waals surface area contributed by atoms with Crippen molar-refractivity contribution in [2.45, 2.75) is 26.4 Å². The summed E-state index contributed by atoms with van der Waals surface area (Å²) in [5.41, 5.74) is 9.13. The summed E-state index contributed by atoms with van der Waals surface area (Å²) < 4.78 is 5.91. The highest BCUT2D eigenvalue weighted by Gasteiger charge is 2.35. The molecule has 1 aliphatic rings. The molecule has 3 aromatic rings. The predicted octanol–water partition coefficient (Wildman–Crippen LogP) is 5.63. The van der Waals surface area contributed by atoms with Gasteiger partial charge in [0, 0.05) is 18.7 Å². The van der Waals surface area contributed by atoms with Crippen LogP contribution in [0.2, 0.25) is 10.0 Å². The van der Waals surface area contributed by atoms with Crippen LogP contribution in [0.3, 0.4) is 0 Å². The van der Waals surface area contributed by atoms with Crippen LogP contribution in [0.1, 0.15) is 24.5 Å². The van der Waals surface area contributed by atoms with Gasteiger partial charge in [0.1, 0.15) is 12.4 Å². The van der Waals surface area contributed by atoms with Gasteiger partial charge in [-0.05, 0) is 53.9 Å². The Balaban J connectivity index is 1.34. The molecule has 1 fully saturated rings. The topological polar surface area (TPSA) is 70.7 Å². The number of carbonyl (C=O) groups is 2. The number of hydrogen-bond acceptors (Lipinski definition) is 4. The van der Waals surface area contributed by atoms with Gasteiger partial charge in [0.05, 0.1) is 21.7 Å². The molecule has 0 aliphatic carbocycles. The average Bonchev–Trinajstić information content (AvgIpc) is 3.25. The smallest absolute Gasteiger partial charge is 0.243 e. The van der Waals surface area contributed by atoms with Crippen LogP contribution in [-0.4, -0.2) is 18.4 Å². The lowest BCUT2D eigenvalue weighted by molar-refractivity contribution is -0.125. The van der Waals surface area contributed by atoms with E-state index in [1.54, 1.807) is 29.2 Å². The molecule has 1 aliphatic heterocycles. The van der Waals surface area contributed by atoms with Gasteiger partial charge in [0.2, 0.25) is 11.8 Å². The zero-order chi connectivity index (χ0) is 24.1. The van der Waals surface area contributed by atoms with Gasteiger partial charge in [0.25, 0.3) is 0 Å². The molecule has 0 spiro atoms. The van der Waals surface area contributed by atoms with Crippen molar-refractivity contribution in [2.75, 3.05) is 16.9 Å². The lowest BCUT2D eigenvalue weighted by Crippen LogP contribution is -2.36. The van der Waals surface area contributed by atoms with E-state index in [2.05, 4.69) is 17.8 Å². The SMILES string of the molecule is CCc1ccc(N2C[C@@H](C(=O)NNc3ccccc3OCc3ccc(Cl)c(Cl)c3)CC2=O)cc1. The molecule has 2 N–H and O–H groups in total. The molecule has 0 bridgehead atoms. The van der Waals surface area contributed by atoms with Crippen LogP contribution in [0.5, 0.6) is 5.75 Å². The molecule has 0 saturated carbocycles. The van der Waals surface area contributed by atoms with Gasteiger partial charge >= 0.3 is 0 Å². The number of aryl methyl sites for hydroxylation is 1. The molecule has 34 heavy (non-hydrogen) atoms. The minimum atomic E-state index is -0.449. The molecule has 8 heteroatoms. The van der Waals surface area contributed by atoms with Gasteiger partial charge < -0.3 is 9.64 Å². The van der Waals surface area contributed by atoms with Crippen molar-refractivity contribution in [1.29, 1.82) is 0 Å². The van der Waals surface area contributed by atoms with E-state index in [0.29, 0.717) is 28.0 Å². The van der Waals surface area contributed by atoms with Gasteiger partial charge in [-0.3, -0.25) is 20.4 Å². The minimum absolute atomic E-state index is 0.0604. The van der Waals surface area contributed by atoms with E-state index in [-0.39, 0.29) is 24.8 Å². The highest BCUT2D eigenvalue weighted by Crippen LogP contribution is 2.28. The maximum atomic E-state index is 12.8. The van der Waals surface area contributed by atoms with Crippen LogP contribution in [0.15, 0.2) is 66.7 Å². The van der Waals surface area contributed by atoms with Gasteiger partial charge in [-0.15, -0.1) is 0 Å². The van der Waals surface area contributed by atoms with Gasteiger partial charge in [-0.25, -0.2) is 0 Å². The first-order valence-electron chi connectivity index (χ1n) is 11.1. The van der Waals surface area contributed by atoms with Crippen molar-refractivity contribution >= 4 is 46.4 Å². The Bertz CT molecular complexity index is 1180. The average molecular weight is 498 g/mol. The fraction of sp³-hybridized carbons (Fsp3) is 0.231. The molecule has 0 radical (unpaired) electrons. The normalized spacial score (nSPS) is 15.3. The Hall–Kier alpha value is -3.22. The van der Waals surface area contributed by atoms with Crippen molar-refractivity contribution in [3.8, 4) is 5.75 Å². The summed E-state index contributed by atoms with van der Waals surface area (Å²) in [6.07, 6.45) is 1.10. The van der Waals surface area contributed by atoms with Crippen LogP contribution in [0.4, 0.5) is 11.4 Å². The molecule has 2 amide bonds. The second-order valence-corrected chi connectivity index (χ2v) is 8.89. The second-order valence-electron chi connectivity index (χ2n) is 8.07. The molecule has 1 atom stereocenters. The monoisotopic (exact) mass is 497 g/mol. The Morgan fingerprint density at radius 3 is 2.50 bits per heavy atom. The molecule has 1 saturated heterocycles. The highest BCUT2D eigenvalue weighted by atomic mass is 35.5. The van der Waals surface area contributed by atoms with Crippen LogP contribution in [-0.2, 0) is 22.6 Å². The predicted molar refractivity (Wildman–Crippen MR) is 135 cm³/mol. The van der Waals surface area contributed by atoms with Crippen LogP contribution < -0.4 is 20.5 Å². The standard InChI is InChI=1S/C26H25Cl2N3O3/c1-2-17-7-10-20(11-8-17)31-15-19(14-25(31)32)26(33)30-29-23-5-3-4-6-24(23)34-16-18-9-12-21(27)22(28)13-18/h3-13,19,29H,2,14-16H2,1H3,(H,30,33)/t19-/m0/s1. The first-order valence-corrected chi connectivity index (χ1v) is 11.8. The van der Waals surface area contributed by atoms with E-state index < -0.39 is 5.92 Å². The zero-order valence-electron chi connectivity index (χ0n) is 18.7. The molecule has 0 unspecified atom stereocenters. The van der Waals surface area contributed by atoms with Crippen molar-refractivity contribution in [3.63, 3.8) is 0 Å². The van der Waals surface area contributed by atoms with Gasteiger partial charge in [-0.1, -0.05) is 60.5 Å². The maximum Gasteiger partial charge on any atom is 0.243 e. The Morgan fingerprint density at radius 1 is 1.03 bits per heavy atom. The van der Waals surface area contributed by atoms with E-state index >= 15 is 0 Å². The van der Waals surface area contributed by atoms with E-state index in [4.69, 9.17) is 27.9 Å². The number of hydrazine groups is 1. The number of ether oxygens (including phenoxy) is 1. The number of benzene rings is 3. The van der Waals surface area contributed by atoms with E-state index in [9.17, 15) is 9.59 Å². The number of carbonyl (C=O) groups excluding carboxylic acids is 2. The zero-order valence-corrected chi connectivity index (χ0v) is 20.2. The highest BCUT2D eigenvalue weighted by molar-refractivity contribution is 6.42. The summed E-state index contributed by atoms with van der Waals surface area (Å²) in [7, 11) is 0. The summed E-state index contributed by atoms with van der Waals surface area (Å²) in [5.74, 6) is -0.195. The molecule has 1 heterocycles. The fourth-order valence-electron chi connectivity index (χ4n) is 3.76. The summed E-state index contributed by atoms with van der Waals surface area (Å²) in [6.45, 7) is 2.71. The summed E-state index contributed by atoms with van der Waals surface area (Å²) >= 11 is 12.0. The van der Waals surface area contributed by atoms with Crippen LogP contribution >= 0.6 is 23.2 Å². The molecule has 6 nitrogen and oxygen atoms in total. The Labute approximate surface area is 208 Å². The van der Waals surface area contributed by atoms with Crippen molar-refractivity contribution in [3.05, 3.63) is 87.9 Å². The number of amides is 2. The number of anilines is 2. The minimum Gasteiger partial charge on any atom is -0.487 e. The summed E-state index contributed by atoms with van der Waals surface area (Å²) in [5, 5.41) is 0.944. The van der Waals surface area contributed by atoms with Crippen LogP contribution in [0.25, 0.3) is 0 Å². The number of para-hydroxylation sites is 2. The number of halogens is 2. The number of nitrogens with one attached hydrogen (secondary N) is 2. The molecule has 176 valence electrons. The first kappa shape index (κ1) is 23.9. The summed E-state index contributed by atoms with van der Waals surface area (Å²) in [6, 6.07) is 20.4. The van der Waals surface area contributed by atoms with Crippen molar-refractivity contribution in [2.24, 2.45) is 5.92 Å². The fourth-order valence-corrected chi connectivity index (χ4v) is 4.08. The van der Waals surface area contributed by atoms with Gasteiger partial charge in [0.15, 0.2) is 0 Å². The van der Waals surface area contributed by atoms with Crippen molar-refractivity contribution in [1.82, 2.24) is 5.43 Å². The van der Waals surface area contributed by atoms with E-state index in [0.717, 1.165) is 17.7 Å².